The molecule has 0 aromatic heterocycles. The molecule has 0 bridgehead atoms. The molecule has 1 aromatic carbocycles. The predicted octanol–water partition coefficient (Wildman–Crippen LogP) is 2.82. The first-order chi connectivity index (χ1) is 16.0. The standard InChI is InChI=1S/C17H15F6N3O.C4H4O4/c18-16(19,20)10-1-8(2-11(6-10)17(21,22)23)3-13(25)15(27)26-12(7-24)4-9-5-14(9)26;5-3(6)1-2-4(7)8/h1-2,6,9,12-14H,3-5,25H2;1-2H,(H,5,6)(H,7,8)/b;2-1+/t9?,12-,13-,14-;/m0./s1. The maximum absolute atomic E-state index is 12.9. The Morgan fingerprint density at radius 2 is 1.51 bits per heavy atom. The molecule has 2 aliphatic rings. The number of carbonyl (C=O) groups is 3. The van der Waals surface area contributed by atoms with Crippen LogP contribution in [-0.2, 0) is 33.2 Å². The number of carboxylic acids is 2. The third kappa shape index (κ3) is 7.44. The van der Waals surface area contributed by atoms with E-state index >= 15 is 0 Å². The molecular formula is C21H19F6N3O5. The average Bonchev–Trinajstić information content (AvgIpc) is 3.40. The summed E-state index contributed by atoms with van der Waals surface area (Å²) in [6, 6.07) is 1.04. The summed E-state index contributed by atoms with van der Waals surface area (Å²) >= 11 is 0. The van der Waals surface area contributed by atoms with Gasteiger partial charge in [-0.3, -0.25) is 4.79 Å². The number of likely N-dealkylation sites (tertiary alicyclic amines) is 1. The second kappa shape index (κ2) is 10.3. The van der Waals surface area contributed by atoms with Crippen molar-refractivity contribution in [1.82, 2.24) is 4.90 Å². The minimum Gasteiger partial charge on any atom is -0.478 e. The quantitative estimate of drug-likeness (QED) is 0.411. The lowest BCUT2D eigenvalue weighted by Gasteiger charge is -2.26. The molecule has 1 unspecified atom stereocenters. The maximum atomic E-state index is 12.9. The Morgan fingerprint density at radius 1 is 1.03 bits per heavy atom. The molecule has 190 valence electrons. The molecule has 1 aromatic rings. The predicted molar refractivity (Wildman–Crippen MR) is 105 cm³/mol. The van der Waals surface area contributed by atoms with Crippen molar-refractivity contribution in [1.29, 1.82) is 5.26 Å². The van der Waals surface area contributed by atoms with Crippen molar-refractivity contribution in [2.24, 2.45) is 11.7 Å². The molecule has 1 heterocycles. The van der Waals surface area contributed by atoms with Crippen molar-refractivity contribution in [2.75, 3.05) is 0 Å². The number of carbonyl (C=O) groups excluding carboxylic acids is 1. The van der Waals surface area contributed by atoms with Crippen LogP contribution in [0.4, 0.5) is 26.3 Å². The molecule has 4 N–H and O–H groups in total. The SMILES string of the molecule is N#C[C@@H]1CC2C[C@@H]2N1C(=O)[C@@H](N)Cc1cc(C(F)(F)F)cc(C(F)(F)F)c1.O=C(O)/C=C/C(=O)O. The van der Waals surface area contributed by atoms with Gasteiger partial charge in [-0.15, -0.1) is 0 Å². The minimum atomic E-state index is -4.97. The summed E-state index contributed by atoms with van der Waals surface area (Å²) in [5.74, 6) is -2.92. The number of nitrogens with zero attached hydrogens (tertiary/aromatic N) is 2. The fourth-order valence-electron chi connectivity index (χ4n) is 3.70. The van der Waals surface area contributed by atoms with E-state index in [-0.39, 0.29) is 23.6 Å². The van der Waals surface area contributed by atoms with E-state index in [1.54, 1.807) is 0 Å². The van der Waals surface area contributed by atoms with Crippen LogP contribution in [0.3, 0.4) is 0 Å². The molecule has 1 saturated heterocycles. The minimum absolute atomic E-state index is 0.0256. The van der Waals surface area contributed by atoms with Gasteiger partial charge in [-0.25, -0.2) is 9.59 Å². The van der Waals surface area contributed by atoms with E-state index in [9.17, 15) is 40.7 Å². The van der Waals surface area contributed by atoms with Crippen molar-refractivity contribution < 1.29 is 50.9 Å². The lowest BCUT2D eigenvalue weighted by Crippen LogP contribution is -2.48. The van der Waals surface area contributed by atoms with Crippen LogP contribution in [0.25, 0.3) is 0 Å². The Balaban J connectivity index is 0.000000466. The smallest absolute Gasteiger partial charge is 0.416 e. The Labute approximate surface area is 194 Å². The topological polar surface area (TPSA) is 145 Å². The molecule has 0 spiro atoms. The highest BCUT2D eigenvalue weighted by Crippen LogP contribution is 2.47. The molecular weight excluding hydrogens is 488 g/mol. The van der Waals surface area contributed by atoms with Crippen LogP contribution in [0.2, 0.25) is 0 Å². The number of aliphatic carboxylic acids is 2. The molecule has 14 heteroatoms. The summed E-state index contributed by atoms with van der Waals surface area (Å²) in [4.78, 5) is 33.0. The summed E-state index contributed by atoms with van der Waals surface area (Å²) in [5, 5.41) is 24.7. The Morgan fingerprint density at radius 3 is 1.91 bits per heavy atom. The van der Waals surface area contributed by atoms with Crippen molar-refractivity contribution >= 4 is 17.8 Å². The van der Waals surface area contributed by atoms with Gasteiger partial charge in [0.2, 0.25) is 5.91 Å². The highest BCUT2D eigenvalue weighted by Gasteiger charge is 2.54. The number of piperidine rings is 1. The Bertz CT molecular complexity index is 1010. The normalized spacial score (nSPS) is 22.0. The molecule has 1 amide bonds. The van der Waals surface area contributed by atoms with Gasteiger partial charge in [0, 0.05) is 18.2 Å². The molecule has 8 nitrogen and oxygen atoms in total. The first-order valence-electron chi connectivity index (χ1n) is 9.94. The van der Waals surface area contributed by atoms with E-state index in [2.05, 4.69) is 0 Å². The first kappa shape index (κ1) is 27.6. The number of nitrogens with two attached hydrogens (primary N) is 1. The van der Waals surface area contributed by atoms with Crippen LogP contribution in [-0.4, -0.2) is 51.1 Å². The Kier molecular flexibility index (Phi) is 8.17. The van der Waals surface area contributed by atoms with Gasteiger partial charge >= 0.3 is 24.3 Å². The van der Waals surface area contributed by atoms with Gasteiger partial charge in [0.05, 0.1) is 23.2 Å². The fraction of sp³-hybridized carbons (Fsp3) is 0.429. The van der Waals surface area contributed by atoms with Gasteiger partial charge in [0.15, 0.2) is 0 Å². The van der Waals surface area contributed by atoms with E-state index < -0.39 is 59.8 Å². The molecule has 1 aliphatic heterocycles. The average molecular weight is 507 g/mol. The number of nitriles is 1. The molecule has 2 fully saturated rings. The van der Waals surface area contributed by atoms with Crippen LogP contribution < -0.4 is 5.73 Å². The molecule has 1 saturated carbocycles. The summed E-state index contributed by atoms with van der Waals surface area (Å²) in [6.45, 7) is 0. The maximum Gasteiger partial charge on any atom is 0.416 e. The van der Waals surface area contributed by atoms with E-state index in [1.807, 2.05) is 6.07 Å². The number of alkyl halides is 6. The number of amides is 1. The van der Waals surface area contributed by atoms with Crippen LogP contribution >= 0.6 is 0 Å². The van der Waals surface area contributed by atoms with E-state index in [0.29, 0.717) is 30.7 Å². The summed E-state index contributed by atoms with van der Waals surface area (Å²) in [5.41, 5.74) is 2.54. The van der Waals surface area contributed by atoms with Crippen molar-refractivity contribution in [2.45, 2.75) is 49.7 Å². The number of carboxylic acid groups (broad SMARTS) is 2. The summed E-state index contributed by atoms with van der Waals surface area (Å²) in [6.07, 6.45) is -8.05. The third-order valence-electron chi connectivity index (χ3n) is 5.30. The van der Waals surface area contributed by atoms with E-state index in [4.69, 9.17) is 21.2 Å². The second-order valence-corrected chi connectivity index (χ2v) is 7.92. The third-order valence-corrected chi connectivity index (χ3v) is 5.30. The van der Waals surface area contributed by atoms with Crippen LogP contribution in [0, 0.1) is 17.2 Å². The van der Waals surface area contributed by atoms with Gasteiger partial charge in [0.25, 0.3) is 0 Å². The van der Waals surface area contributed by atoms with Gasteiger partial charge in [-0.1, -0.05) is 0 Å². The van der Waals surface area contributed by atoms with Gasteiger partial charge in [-0.05, 0) is 48.9 Å². The zero-order valence-electron chi connectivity index (χ0n) is 17.7. The molecule has 3 rings (SSSR count). The van der Waals surface area contributed by atoms with Gasteiger partial charge in [0.1, 0.15) is 6.04 Å². The number of hydrogen-bond acceptors (Lipinski definition) is 5. The van der Waals surface area contributed by atoms with E-state index in [0.717, 1.165) is 6.42 Å². The highest BCUT2D eigenvalue weighted by molar-refractivity contribution is 5.89. The monoisotopic (exact) mass is 507 g/mol. The zero-order chi connectivity index (χ0) is 26.7. The number of hydrogen-bond donors (Lipinski definition) is 3. The number of rotatable bonds is 5. The number of fused-ring (bicyclic) bond motifs is 1. The Hall–Kier alpha value is -3.60. The molecule has 35 heavy (non-hydrogen) atoms. The zero-order valence-corrected chi connectivity index (χ0v) is 17.7. The van der Waals surface area contributed by atoms with Crippen molar-refractivity contribution in [3.05, 3.63) is 47.0 Å². The summed E-state index contributed by atoms with van der Waals surface area (Å²) in [7, 11) is 0. The fourth-order valence-corrected chi connectivity index (χ4v) is 3.70. The van der Waals surface area contributed by atoms with Crippen LogP contribution in [0.15, 0.2) is 30.4 Å². The highest BCUT2D eigenvalue weighted by atomic mass is 19.4. The van der Waals surface area contributed by atoms with Crippen LogP contribution in [0.1, 0.15) is 29.5 Å². The first-order valence-corrected chi connectivity index (χ1v) is 9.94. The van der Waals surface area contributed by atoms with Crippen molar-refractivity contribution in [3.8, 4) is 6.07 Å². The molecule has 4 atom stereocenters. The number of halogens is 6. The second-order valence-electron chi connectivity index (χ2n) is 7.92. The lowest BCUT2D eigenvalue weighted by atomic mass is 9.99. The molecule has 1 aliphatic carbocycles. The van der Waals surface area contributed by atoms with Gasteiger partial charge in [-0.2, -0.15) is 31.6 Å². The van der Waals surface area contributed by atoms with Gasteiger partial charge < -0.3 is 20.8 Å². The van der Waals surface area contributed by atoms with Crippen LogP contribution in [0.5, 0.6) is 0 Å². The summed E-state index contributed by atoms with van der Waals surface area (Å²) < 4.78 is 77.5. The van der Waals surface area contributed by atoms with Crippen molar-refractivity contribution in [3.63, 3.8) is 0 Å². The van der Waals surface area contributed by atoms with E-state index in [1.165, 1.54) is 4.90 Å². The largest absolute Gasteiger partial charge is 0.478 e. The molecule has 0 radical (unpaired) electrons. The number of benzene rings is 1. The lowest BCUT2D eigenvalue weighted by molar-refractivity contribution is -0.143.